The van der Waals surface area contributed by atoms with E-state index in [-0.39, 0.29) is 16.8 Å². The van der Waals surface area contributed by atoms with E-state index in [1.807, 2.05) is 0 Å². The molecule has 108 valence electrons. The van der Waals surface area contributed by atoms with Crippen molar-refractivity contribution in [1.82, 2.24) is 0 Å². The Morgan fingerprint density at radius 1 is 1.23 bits per heavy atom. The first-order valence-corrected chi connectivity index (χ1v) is 6.18. The van der Waals surface area contributed by atoms with Crippen LogP contribution in [0.4, 0.5) is 10.1 Å². The number of carbonyl (C=O) groups is 1. The highest BCUT2D eigenvalue weighted by Crippen LogP contribution is 2.17. The number of hydrogen-bond donors (Lipinski definition) is 0. The molecule has 0 saturated carbocycles. The van der Waals surface area contributed by atoms with Gasteiger partial charge in [-0.15, -0.1) is 0 Å². The molecule has 0 aliphatic heterocycles. The SMILES string of the molecule is N#C/C(=C\c1cccc([N+](=O)[O-])c1)C(=O)c1ccc(F)cc1. The molecule has 2 aromatic carbocycles. The van der Waals surface area contributed by atoms with Crippen LogP contribution in [0.15, 0.2) is 54.1 Å². The lowest BCUT2D eigenvalue weighted by Crippen LogP contribution is -2.02. The Morgan fingerprint density at radius 3 is 2.50 bits per heavy atom. The van der Waals surface area contributed by atoms with Gasteiger partial charge in [0.2, 0.25) is 5.78 Å². The Kier molecular flexibility index (Phi) is 4.39. The van der Waals surface area contributed by atoms with Crippen LogP contribution in [0.5, 0.6) is 0 Å². The molecule has 0 spiro atoms. The highest BCUT2D eigenvalue weighted by Gasteiger charge is 2.13. The van der Waals surface area contributed by atoms with Crippen LogP contribution in [-0.2, 0) is 0 Å². The molecule has 0 aromatic heterocycles. The topological polar surface area (TPSA) is 84.0 Å². The van der Waals surface area contributed by atoms with E-state index in [0.717, 1.165) is 12.1 Å². The molecule has 0 aliphatic rings. The summed E-state index contributed by atoms with van der Waals surface area (Å²) in [6.07, 6.45) is 1.26. The van der Waals surface area contributed by atoms with Gasteiger partial charge in [-0.25, -0.2) is 4.39 Å². The van der Waals surface area contributed by atoms with Crippen LogP contribution in [-0.4, -0.2) is 10.7 Å². The second kappa shape index (κ2) is 6.41. The summed E-state index contributed by atoms with van der Waals surface area (Å²) >= 11 is 0. The first kappa shape index (κ1) is 15.1. The van der Waals surface area contributed by atoms with Crippen molar-refractivity contribution in [2.45, 2.75) is 0 Å². The molecular formula is C16H9FN2O3. The van der Waals surface area contributed by atoms with Gasteiger partial charge in [-0.2, -0.15) is 5.26 Å². The molecule has 0 N–H and O–H groups in total. The van der Waals surface area contributed by atoms with Gasteiger partial charge in [-0.05, 0) is 35.9 Å². The van der Waals surface area contributed by atoms with E-state index < -0.39 is 16.5 Å². The van der Waals surface area contributed by atoms with Gasteiger partial charge in [0.1, 0.15) is 17.5 Å². The zero-order chi connectivity index (χ0) is 16.1. The molecule has 0 unspecified atom stereocenters. The fourth-order valence-corrected chi connectivity index (χ4v) is 1.80. The molecule has 0 bridgehead atoms. The lowest BCUT2D eigenvalue weighted by molar-refractivity contribution is -0.384. The van der Waals surface area contributed by atoms with E-state index in [1.165, 1.54) is 36.4 Å². The first-order chi connectivity index (χ1) is 10.5. The number of nitriles is 1. The summed E-state index contributed by atoms with van der Waals surface area (Å²) in [5, 5.41) is 19.8. The maximum Gasteiger partial charge on any atom is 0.270 e. The van der Waals surface area contributed by atoms with Gasteiger partial charge in [0.15, 0.2) is 0 Å². The fourth-order valence-electron chi connectivity index (χ4n) is 1.80. The number of carbonyl (C=O) groups excluding carboxylic acids is 1. The van der Waals surface area contributed by atoms with Gasteiger partial charge in [0, 0.05) is 17.7 Å². The second-order valence-electron chi connectivity index (χ2n) is 4.36. The van der Waals surface area contributed by atoms with E-state index in [2.05, 4.69) is 0 Å². The quantitative estimate of drug-likeness (QED) is 0.284. The lowest BCUT2D eigenvalue weighted by Gasteiger charge is -2.00. The average molecular weight is 296 g/mol. The minimum absolute atomic E-state index is 0.139. The molecule has 0 amide bonds. The summed E-state index contributed by atoms with van der Waals surface area (Å²) in [4.78, 5) is 22.3. The Hall–Kier alpha value is -3.33. The monoisotopic (exact) mass is 296 g/mol. The molecule has 0 radical (unpaired) electrons. The van der Waals surface area contributed by atoms with Crippen LogP contribution >= 0.6 is 0 Å². The maximum absolute atomic E-state index is 12.8. The van der Waals surface area contributed by atoms with Crippen LogP contribution < -0.4 is 0 Å². The third-order valence-electron chi connectivity index (χ3n) is 2.86. The van der Waals surface area contributed by atoms with Crippen LogP contribution in [0.1, 0.15) is 15.9 Å². The van der Waals surface area contributed by atoms with E-state index in [9.17, 15) is 19.3 Å². The molecule has 6 heteroatoms. The smallest absolute Gasteiger partial charge is 0.270 e. The summed E-state index contributed by atoms with van der Waals surface area (Å²) < 4.78 is 12.8. The number of allylic oxidation sites excluding steroid dienone is 1. The van der Waals surface area contributed by atoms with Crippen molar-refractivity contribution in [3.8, 4) is 6.07 Å². The van der Waals surface area contributed by atoms with E-state index in [1.54, 1.807) is 12.1 Å². The highest BCUT2D eigenvalue weighted by molar-refractivity contribution is 6.14. The van der Waals surface area contributed by atoms with Crippen LogP contribution in [0.25, 0.3) is 6.08 Å². The first-order valence-electron chi connectivity index (χ1n) is 6.18. The van der Waals surface area contributed by atoms with Crippen molar-refractivity contribution in [2.75, 3.05) is 0 Å². The molecule has 0 aliphatic carbocycles. The molecule has 0 saturated heterocycles. The molecule has 22 heavy (non-hydrogen) atoms. The van der Waals surface area contributed by atoms with Crippen molar-refractivity contribution in [1.29, 1.82) is 5.26 Å². The predicted molar refractivity (Wildman–Crippen MR) is 77.4 cm³/mol. The Morgan fingerprint density at radius 2 is 1.91 bits per heavy atom. The Labute approximate surface area is 125 Å². The minimum Gasteiger partial charge on any atom is -0.288 e. The van der Waals surface area contributed by atoms with Crippen molar-refractivity contribution in [3.63, 3.8) is 0 Å². The minimum atomic E-state index is -0.575. The largest absolute Gasteiger partial charge is 0.288 e. The zero-order valence-corrected chi connectivity index (χ0v) is 11.2. The molecule has 5 nitrogen and oxygen atoms in total. The number of benzene rings is 2. The number of rotatable bonds is 4. The third kappa shape index (κ3) is 3.41. The van der Waals surface area contributed by atoms with Gasteiger partial charge >= 0.3 is 0 Å². The van der Waals surface area contributed by atoms with Crippen molar-refractivity contribution < 1.29 is 14.1 Å². The number of hydrogen-bond acceptors (Lipinski definition) is 4. The Balaban J connectivity index is 2.37. The second-order valence-corrected chi connectivity index (χ2v) is 4.36. The average Bonchev–Trinajstić information content (AvgIpc) is 2.53. The highest BCUT2D eigenvalue weighted by atomic mass is 19.1. The van der Waals surface area contributed by atoms with Crippen LogP contribution in [0, 0.1) is 27.3 Å². The predicted octanol–water partition coefficient (Wildman–Crippen LogP) is 3.52. The number of ketones is 1. The van der Waals surface area contributed by atoms with Gasteiger partial charge in [-0.3, -0.25) is 14.9 Å². The number of nitro groups is 1. The Bertz CT molecular complexity index is 805. The number of halogens is 1. The van der Waals surface area contributed by atoms with Crippen LogP contribution in [0.2, 0.25) is 0 Å². The number of nitrogens with zero attached hydrogens (tertiary/aromatic N) is 2. The summed E-state index contributed by atoms with van der Waals surface area (Å²) in [5.74, 6) is -1.06. The summed E-state index contributed by atoms with van der Waals surface area (Å²) in [6.45, 7) is 0. The molecule has 0 atom stereocenters. The van der Waals surface area contributed by atoms with Crippen molar-refractivity contribution in [2.24, 2.45) is 0 Å². The van der Waals surface area contributed by atoms with E-state index in [0.29, 0.717) is 5.56 Å². The fraction of sp³-hybridized carbons (Fsp3) is 0. The normalized spacial score (nSPS) is 10.8. The number of nitro benzene ring substituents is 1. The summed E-state index contributed by atoms with van der Waals surface area (Å²) in [5.41, 5.74) is 0.202. The van der Waals surface area contributed by atoms with Crippen molar-refractivity contribution >= 4 is 17.5 Å². The van der Waals surface area contributed by atoms with Gasteiger partial charge in [0.05, 0.1) is 4.92 Å². The van der Waals surface area contributed by atoms with E-state index >= 15 is 0 Å². The number of Topliss-reactive ketones (excluding diaryl/α,β-unsaturated/α-hetero) is 1. The summed E-state index contributed by atoms with van der Waals surface area (Å²) in [6, 6.07) is 12.1. The lowest BCUT2D eigenvalue weighted by atomic mass is 10.0. The molecule has 0 heterocycles. The molecule has 2 aromatic rings. The van der Waals surface area contributed by atoms with Gasteiger partial charge < -0.3 is 0 Å². The molecule has 2 rings (SSSR count). The number of non-ortho nitro benzene ring substituents is 1. The summed E-state index contributed by atoms with van der Waals surface area (Å²) in [7, 11) is 0. The zero-order valence-electron chi connectivity index (χ0n) is 11.2. The maximum atomic E-state index is 12.8. The van der Waals surface area contributed by atoms with Crippen molar-refractivity contribution in [3.05, 3.63) is 81.2 Å². The van der Waals surface area contributed by atoms with Crippen LogP contribution in [0.3, 0.4) is 0 Å². The van der Waals surface area contributed by atoms with Gasteiger partial charge in [-0.1, -0.05) is 12.1 Å². The third-order valence-corrected chi connectivity index (χ3v) is 2.86. The van der Waals surface area contributed by atoms with E-state index in [4.69, 9.17) is 5.26 Å². The molecular weight excluding hydrogens is 287 g/mol. The molecule has 0 fully saturated rings. The standard InChI is InChI=1S/C16H9FN2O3/c17-14-6-4-12(5-7-14)16(20)13(10-18)8-11-2-1-3-15(9-11)19(21)22/h1-9H/b13-8+. The van der Waals surface area contributed by atoms with Gasteiger partial charge in [0.25, 0.3) is 5.69 Å².